The molecule has 1 atom stereocenters. The van der Waals surface area contributed by atoms with Crippen LogP contribution in [-0.2, 0) is 6.18 Å². The third-order valence-electron chi connectivity index (χ3n) is 4.22. The fourth-order valence-electron chi connectivity index (χ4n) is 2.91. The molecule has 1 aliphatic heterocycles. The van der Waals surface area contributed by atoms with Gasteiger partial charge in [-0.05, 0) is 38.0 Å². The first-order valence-electron chi connectivity index (χ1n) is 8.05. The number of nitrogens with one attached hydrogen (secondary N) is 2. The van der Waals surface area contributed by atoms with Gasteiger partial charge in [0.25, 0.3) is 0 Å². The standard InChI is InChI=1S/C16H17F4N5O/c1-9-21-14(24-23-9)10-3-2-6-25(8-10)15(26)22-13-7-11(16(18,19)20)4-5-12(13)17/h4-5,7,10H,2-3,6,8H2,1H3,(H,22,26)(H,21,23,24)/t10-/m1/s1. The van der Waals surface area contributed by atoms with E-state index in [1.807, 2.05) is 0 Å². The van der Waals surface area contributed by atoms with Crippen molar-refractivity contribution in [3.63, 3.8) is 0 Å². The van der Waals surface area contributed by atoms with Gasteiger partial charge in [-0.1, -0.05) is 0 Å². The Morgan fingerprint density at radius 2 is 2.15 bits per heavy atom. The molecule has 6 nitrogen and oxygen atoms in total. The quantitative estimate of drug-likeness (QED) is 0.791. The highest BCUT2D eigenvalue weighted by molar-refractivity contribution is 5.89. The molecule has 26 heavy (non-hydrogen) atoms. The number of H-pyrrole nitrogens is 1. The Labute approximate surface area is 146 Å². The molecule has 2 amide bonds. The predicted molar refractivity (Wildman–Crippen MR) is 85.1 cm³/mol. The Bertz CT molecular complexity index is 804. The van der Waals surface area contributed by atoms with Crippen LogP contribution in [0.4, 0.5) is 28.0 Å². The van der Waals surface area contributed by atoms with Gasteiger partial charge in [0.2, 0.25) is 0 Å². The number of carbonyl (C=O) groups is 1. The molecule has 2 N–H and O–H groups in total. The molecule has 1 saturated heterocycles. The molecule has 1 aliphatic rings. The number of rotatable bonds is 2. The van der Waals surface area contributed by atoms with Crippen LogP contribution in [0, 0.1) is 12.7 Å². The number of benzene rings is 1. The van der Waals surface area contributed by atoms with Gasteiger partial charge in [-0.2, -0.15) is 18.3 Å². The third-order valence-corrected chi connectivity index (χ3v) is 4.22. The number of carbonyl (C=O) groups excluding carboxylic acids is 1. The molecule has 3 rings (SSSR count). The summed E-state index contributed by atoms with van der Waals surface area (Å²) >= 11 is 0. The van der Waals surface area contributed by atoms with Gasteiger partial charge in [0.1, 0.15) is 11.6 Å². The van der Waals surface area contributed by atoms with Crippen molar-refractivity contribution in [2.24, 2.45) is 0 Å². The number of aromatic nitrogens is 3. The minimum absolute atomic E-state index is 0.0780. The van der Waals surface area contributed by atoms with Crippen LogP contribution in [0.5, 0.6) is 0 Å². The number of nitrogens with zero attached hydrogens (tertiary/aromatic N) is 3. The second kappa shape index (κ2) is 6.93. The minimum Gasteiger partial charge on any atom is -0.324 e. The lowest BCUT2D eigenvalue weighted by molar-refractivity contribution is -0.137. The number of aromatic amines is 1. The number of halogens is 4. The normalized spacial score (nSPS) is 18.0. The summed E-state index contributed by atoms with van der Waals surface area (Å²) in [7, 11) is 0. The molecule has 10 heteroatoms. The van der Waals surface area contributed by atoms with Crippen LogP contribution in [0.3, 0.4) is 0 Å². The van der Waals surface area contributed by atoms with Crippen LogP contribution >= 0.6 is 0 Å². The number of amides is 2. The van der Waals surface area contributed by atoms with Crippen LogP contribution in [0.1, 0.15) is 36.0 Å². The van der Waals surface area contributed by atoms with Gasteiger partial charge >= 0.3 is 12.2 Å². The van der Waals surface area contributed by atoms with E-state index in [4.69, 9.17) is 0 Å². The van der Waals surface area contributed by atoms with Crippen molar-refractivity contribution in [2.45, 2.75) is 31.9 Å². The van der Waals surface area contributed by atoms with E-state index >= 15 is 0 Å². The zero-order valence-electron chi connectivity index (χ0n) is 13.9. The number of aryl methyl sites for hydroxylation is 1. The summed E-state index contributed by atoms with van der Waals surface area (Å²) in [4.78, 5) is 18.1. The van der Waals surface area contributed by atoms with Crippen LogP contribution < -0.4 is 5.32 Å². The Hall–Kier alpha value is -2.65. The van der Waals surface area contributed by atoms with Gasteiger partial charge in [-0.15, -0.1) is 0 Å². The molecule has 2 aromatic rings. The van der Waals surface area contributed by atoms with Crippen LogP contribution in [0.15, 0.2) is 18.2 Å². The maximum absolute atomic E-state index is 13.8. The lowest BCUT2D eigenvalue weighted by atomic mass is 9.97. The van der Waals surface area contributed by atoms with Crippen LogP contribution in [-0.4, -0.2) is 39.2 Å². The average Bonchev–Trinajstić information content (AvgIpc) is 3.02. The van der Waals surface area contributed by atoms with Crippen LogP contribution in [0.25, 0.3) is 0 Å². The summed E-state index contributed by atoms with van der Waals surface area (Å²) in [6, 6.07) is 1.26. The van der Waals surface area contributed by atoms with E-state index in [0.29, 0.717) is 49.4 Å². The van der Waals surface area contributed by atoms with Gasteiger partial charge in [-0.25, -0.2) is 14.2 Å². The number of alkyl halides is 3. The molecule has 0 bridgehead atoms. The molecule has 0 spiro atoms. The fraction of sp³-hybridized carbons (Fsp3) is 0.438. The molecule has 140 valence electrons. The molecular weight excluding hydrogens is 354 g/mol. The molecule has 1 aromatic heterocycles. The van der Waals surface area contributed by atoms with Crippen molar-refractivity contribution in [3.8, 4) is 0 Å². The highest BCUT2D eigenvalue weighted by Gasteiger charge is 2.32. The van der Waals surface area contributed by atoms with Gasteiger partial charge in [-0.3, -0.25) is 5.10 Å². The van der Waals surface area contributed by atoms with E-state index < -0.39 is 29.3 Å². The van der Waals surface area contributed by atoms with Crippen LogP contribution in [0.2, 0.25) is 0 Å². The summed E-state index contributed by atoms with van der Waals surface area (Å²) in [6.07, 6.45) is -3.14. The summed E-state index contributed by atoms with van der Waals surface area (Å²) < 4.78 is 52.1. The van der Waals surface area contributed by atoms with E-state index in [0.717, 1.165) is 6.42 Å². The summed E-state index contributed by atoms with van der Waals surface area (Å²) in [5.41, 5.74) is -1.53. The summed E-state index contributed by atoms with van der Waals surface area (Å²) in [5.74, 6) is 0.244. The number of likely N-dealkylation sites (tertiary alicyclic amines) is 1. The lowest BCUT2D eigenvalue weighted by Crippen LogP contribution is -2.42. The topological polar surface area (TPSA) is 73.9 Å². The van der Waals surface area contributed by atoms with Crippen molar-refractivity contribution in [2.75, 3.05) is 18.4 Å². The Kier molecular flexibility index (Phi) is 4.84. The van der Waals surface area contributed by atoms with Gasteiger partial charge in [0, 0.05) is 19.0 Å². The van der Waals surface area contributed by atoms with Crippen molar-refractivity contribution >= 4 is 11.7 Å². The van der Waals surface area contributed by atoms with E-state index in [2.05, 4.69) is 20.5 Å². The first-order valence-corrected chi connectivity index (χ1v) is 8.05. The largest absolute Gasteiger partial charge is 0.416 e. The number of hydrogen-bond donors (Lipinski definition) is 2. The second-order valence-electron chi connectivity index (χ2n) is 6.19. The molecule has 1 fully saturated rings. The predicted octanol–water partition coefficient (Wildman–Crippen LogP) is 3.68. The first kappa shape index (κ1) is 18.2. The zero-order chi connectivity index (χ0) is 18.9. The molecule has 0 radical (unpaired) electrons. The molecule has 0 saturated carbocycles. The van der Waals surface area contributed by atoms with E-state index in [1.54, 1.807) is 6.92 Å². The van der Waals surface area contributed by atoms with Crippen molar-refractivity contribution < 1.29 is 22.4 Å². The molecule has 0 unspecified atom stereocenters. The van der Waals surface area contributed by atoms with Crippen molar-refractivity contribution in [1.82, 2.24) is 20.1 Å². The zero-order valence-corrected chi connectivity index (χ0v) is 13.9. The molecule has 1 aromatic carbocycles. The number of hydrogen-bond acceptors (Lipinski definition) is 3. The van der Waals surface area contributed by atoms with Crippen molar-refractivity contribution in [1.29, 1.82) is 0 Å². The monoisotopic (exact) mass is 371 g/mol. The second-order valence-corrected chi connectivity index (χ2v) is 6.19. The summed E-state index contributed by atoms with van der Waals surface area (Å²) in [6.45, 7) is 2.50. The average molecular weight is 371 g/mol. The SMILES string of the molecule is Cc1nc([C@@H]2CCCN(C(=O)Nc3cc(C(F)(F)F)ccc3F)C2)n[nH]1. The van der Waals surface area contributed by atoms with E-state index in [9.17, 15) is 22.4 Å². The Morgan fingerprint density at radius 3 is 2.81 bits per heavy atom. The van der Waals surface area contributed by atoms with Crippen molar-refractivity contribution in [3.05, 3.63) is 41.2 Å². The van der Waals surface area contributed by atoms with E-state index in [1.165, 1.54) is 4.90 Å². The smallest absolute Gasteiger partial charge is 0.324 e. The van der Waals surface area contributed by atoms with Gasteiger partial charge < -0.3 is 10.2 Å². The fourth-order valence-corrected chi connectivity index (χ4v) is 2.91. The third kappa shape index (κ3) is 3.94. The highest BCUT2D eigenvalue weighted by atomic mass is 19.4. The highest BCUT2D eigenvalue weighted by Crippen LogP contribution is 2.32. The molecular formula is C16H17F4N5O. The minimum atomic E-state index is -4.62. The Morgan fingerprint density at radius 1 is 1.38 bits per heavy atom. The summed E-state index contributed by atoms with van der Waals surface area (Å²) in [5, 5.41) is 9.06. The maximum Gasteiger partial charge on any atom is 0.416 e. The number of anilines is 1. The number of piperidine rings is 1. The lowest BCUT2D eigenvalue weighted by Gasteiger charge is -2.31. The van der Waals surface area contributed by atoms with Gasteiger partial charge in [0.05, 0.1) is 11.3 Å². The van der Waals surface area contributed by atoms with Gasteiger partial charge in [0.15, 0.2) is 5.82 Å². The van der Waals surface area contributed by atoms with E-state index in [-0.39, 0.29) is 5.92 Å². The maximum atomic E-state index is 13.8. The number of urea groups is 1. The Balaban J connectivity index is 1.71. The first-order chi connectivity index (χ1) is 12.2. The molecule has 0 aliphatic carbocycles. The molecule has 2 heterocycles.